The van der Waals surface area contributed by atoms with Gasteiger partial charge in [0.15, 0.2) is 0 Å². The number of carbonyl (C=O) groups excluding carboxylic acids is 1. The van der Waals surface area contributed by atoms with Gasteiger partial charge >= 0.3 is 0 Å². The van der Waals surface area contributed by atoms with Gasteiger partial charge in [-0.2, -0.15) is 4.31 Å². The lowest BCUT2D eigenvalue weighted by Gasteiger charge is -2.31. The number of piperidine rings is 1. The molecule has 2 heterocycles. The van der Waals surface area contributed by atoms with E-state index >= 15 is 0 Å². The van der Waals surface area contributed by atoms with Crippen LogP contribution < -0.4 is 5.32 Å². The number of benzene rings is 1. The molecule has 8 heteroatoms. The summed E-state index contributed by atoms with van der Waals surface area (Å²) in [6.45, 7) is 2.85. The number of unbranched alkanes of at least 4 members (excludes halogenated alkanes) is 1. The average Bonchev–Trinajstić information content (AvgIpc) is 3.20. The first kappa shape index (κ1) is 22.0. The molecule has 1 atom stereocenters. The van der Waals surface area contributed by atoms with Crippen LogP contribution in [0.25, 0.3) is 0 Å². The summed E-state index contributed by atoms with van der Waals surface area (Å²) in [5, 5.41) is 3.87. The predicted molar refractivity (Wildman–Crippen MR) is 118 cm³/mol. The summed E-state index contributed by atoms with van der Waals surface area (Å²) in [6, 6.07) is 7.07. The maximum Gasteiger partial charge on any atom is 0.243 e. The molecule has 1 aromatic carbocycles. The number of hydrogen-bond donors (Lipinski definition) is 1. The topological polar surface area (TPSA) is 66.5 Å². The number of aryl methyl sites for hydroxylation is 1. The third-order valence-electron chi connectivity index (χ3n) is 5.39. The van der Waals surface area contributed by atoms with Gasteiger partial charge < -0.3 is 5.32 Å². The fourth-order valence-electron chi connectivity index (χ4n) is 3.62. The zero-order valence-corrected chi connectivity index (χ0v) is 18.9. The molecule has 1 aromatic rings. The molecule has 2 aliphatic heterocycles. The molecular formula is C20H30N2O3S3. The fourth-order valence-corrected chi connectivity index (χ4v) is 8.12. The van der Waals surface area contributed by atoms with Crippen molar-refractivity contribution in [2.24, 2.45) is 0 Å². The van der Waals surface area contributed by atoms with Crippen molar-refractivity contribution in [3.8, 4) is 0 Å². The lowest BCUT2D eigenvalue weighted by molar-refractivity contribution is -0.122. The van der Waals surface area contributed by atoms with Gasteiger partial charge in [-0.1, -0.05) is 45.7 Å². The Hall–Kier alpha value is -0.700. The molecule has 156 valence electrons. The second kappa shape index (κ2) is 10.4. The highest BCUT2D eigenvalue weighted by Crippen LogP contribution is 2.39. The Bertz CT molecular complexity index is 738. The van der Waals surface area contributed by atoms with E-state index in [2.05, 4.69) is 5.32 Å². The molecule has 2 saturated heterocycles. The maximum absolute atomic E-state index is 12.7. The molecule has 2 fully saturated rings. The van der Waals surface area contributed by atoms with Gasteiger partial charge in [0.1, 0.15) is 0 Å². The van der Waals surface area contributed by atoms with Crippen LogP contribution in [0.2, 0.25) is 0 Å². The summed E-state index contributed by atoms with van der Waals surface area (Å²) < 4.78 is 27.0. The van der Waals surface area contributed by atoms with Gasteiger partial charge in [0.2, 0.25) is 15.9 Å². The summed E-state index contributed by atoms with van der Waals surface area (Å²) in [5.74, 6) is 1.36. The van der Waals surface area contributed by atoms with Gasteiger partial charge in [0, 0.05) is 36.6 Å². The van der Waals surface area contributed by atoms with E-state index in [1.54, 1.807) is 12.1 Å². The number of sulfonamides is 1. The van der Waals surface area contributed by atoms with Gasteiger partial charge in [-0.05, 0) is 51.2 Å². The van der Waals surface area contributed by atoms with E-state index in [1.165, 1.54) is 22.9 Å². The normalized spacial score (nSPS) is 21.7. The second-order valence-electron chi connectivity index (χ2n) is 7.63. The van der Waals surface area contributed by atoms with Crippen molar-refractivity contribution in [3.05, 3.63) is 29.8 Å². The van der Waals surface area contributed by atoms with Crippen LogP contribution in [0.5, 0.6) is 0 Å². The van der Waals surface area contributed by atoms with E-state index in [0.717, 1.165) is 23.7 Å². The van der Waals surface area contributed by atoms with Gasteiger partial charge in [0.05, 0.1) is 4.90 Å². The van der Waals surface area contributed by atoms with Crippen LogP contribution in [-0.4, -0.2) is 48.8 Å². The van der Waals surface area contributed by atoms with Crippen molar-refractivity contribution < 1.29 is 13.2 Å². The van der Waals surface area contributed by atoms with Crippen LogP contribution >= 0.6 is 21.6 Å². The highest BCUT2D eigenvalue weighted by Gasteiger charge is 2.29. The largest absolute Gasteiger partial charge is 0.353 e. The number of nitrogens with zero attached hydrogens (tertiary/aromatic N) is 1. The van der Waals surface area contributed by atoms with E-state index in [9.17, 15) is 13.2 Å². The van der Waals surface area contributed by atoms with Gasteiger partial charge in [-0.15, -0.1) is 0 Å². The first-order valence-electron chi connectivity index (χ1n) is 10.1. The van der Waals surface area contributed by atoms with Crippen molar-refractivity contribution in [1.29, 1.82) is 0 Å². The lowest BCUT2D eigenvalue weighted by atomic mass is 10.1. The van der Waals surface area contributed by atoms with Crippen LogP contribution in [-0.2, 0) is 14.8 Å². The zero-order chi connectivity index (χ0) is 20.0. The van der Waals surface area contributed by atoms with Crippen LogP contribution in [0.4, 0.5) is 0 Å². The van der Waals surface area contributed by atoms with Crippen molar-refractivity contribution in [1.82, 2.24) is 9.62 Å². The fraction of sp³-hybridized carbons (Fsp3) is 0.650. The van der Waals surface area contributed by atoms with E-state index in [-0.39, 0.29) is 11.9 Å². The minimum Gasteiger partial charge on any atom is -0.353 e. The molecule has 0 spiro atoms. The third kappa shape index (κ3) is 6.15. The van der Waals surface area contributed by atoms with E-state index in [0.29, 0.717) is 37.2 Å². The molecule has 3 rings (SSSR count). The summed E-state index contributed by atoms with van der Waals surface area (Å²) in [7, 11) is 0.515. The number of hydrogen-bond acceptors (Lipinski definition) is 5. The second-order valence-corrected chi connectivity index (χ2v) is 12.4. The van der Waals surface area contributed by atoms with Crippen molar-refractivity contribution in [3.63, 3.8) is 0 Å². The van der Waals surface area contributed by atoms with E-state index < -0.39 is 10.0 Å². The Kier molecular flexibility index (Phi) is 8.14. The summed E-state index contributed by atoms with van der Waals surface area (Å²) in [6.07, 6.45) is 6.48. The SMILES string of the molecule is Cc1ccc(S(=O)(=O)N2CCC(NC(=O)CCCCC3CCSS3)CC2)cc1. The molecule has 0 radical (unpaired) electrons. The predicted octanol–water partition coefficient (Wildman–Crippen LogP) is 3.98. The molecule has 5 nitrogen and oxygen atoms in total. The number of carbonyl (C=O) groups is 1. The molecule has 0 saturated carbocycles. The number of amides is 1. The number of rotatable bonds is 8. The highest BCUT2D eigenvalue weighted by atomic mass is 33.1. The standard InChI is InChI=1S/C20H30N2O3S3/c1-16-6-8-19(9-7-16)28(24,25)22-13-10-17(11-14-22)21-20(23)5-3-2-4-18-12-15-26-27-18/h6-9,17-18H,2-5,10-15H2,1H3,(H,21,23). The van der Waals surface area contributed by atoms with Crippen molar-refractivity contribution >= 4 is 37.5 Å². The molecule has 0 bridgehead atoms. The summed E-state index contributed by atoms with van der Waals surface area (Å²) >= 11 is 0. The molecular weight excluding hydrogens is 412 g/mol. The molecule has 0 aliphatic carbocycles. The van der Waals surface area contributed by atoms with Crippen molar-refractivity contribution in [2.45, 2.75) is 68.1 Å². The Balaban J connectivity index is 1.37. The third-order valence-corrected chi connectivity index (χ3v) is 10.3. The number of nitrogens with one attached hydrogen (secondary N) is 1. The first-order valence-corrected chi connectivity index (χ1v) is 13.9. The molecule has 2 aliphatic rings. The molecule has 28 heavy (non-hydrogen) atoms. The smallest absolute Gasteiger partial charge is 0.243 e. The zero-order valence-electron chi connectivity index (χ0n) is 16.4. The minimum atomic E-state index is -3.44. The Morgan fingerprint density at radius 3 is 2.50 bits per heavy atom. The molecule has 1 amide bonds. The van der Waals surface area contributed by atoms with Gasteiger partial charge in [0.25, 0.3) is 0 Å². The van der Waals surface area contributed by atoms with Crippen LogP contribution in [0, 0.1) is 6.92 Å². The van der Waals surface area contributed by atoms with Crippen LogP contribution in [0.3, 0.4) is 0 Å². The monoisotopic (exact) mass is 442 g/mol. The van der Waals surface area contributed by atoms with Gasteiger partial charge in [-0.25, -0.2) is 8.42 Å². The molecule has 1 unspecified atom stereocenters. The molecule has 0 aromatic heterocycles. The first-order chi connectivity index (χ1) is 13.4. The summed E-state index contributed by atoms with van der Waals surface area (Å²) in [4.78, 5) is 12.5. The Morgan fingerprint density at radius 2 is 1.86 bits per heavy atom. The quantitative estimate of drug-likeness (QED) is 0.487. The highest BCUT2D eigenvalue weighted by molar-refractivity contribution is 8.77. The molecule has 1 N–H and O–H groups in total. The van der Waals surface area contributed by atoms with Crippen LogP contribution in [0.15, 0.2) is 29.2 Å². The lowest BCUT2D eigenvalue weighted by Crippen LogP contribution is -2.46. The maximum atomic E-state index is 12.7. The van der Waals surface area contributed by atoms with Crippen molar-refractivity contribution in [2.75, 3.05) is 18.8 Å². The van der Waals surface area contributed by atoms with E-state index in [1.807, 2.05) is 40.6 Å². The van der Waals surface area contributed by atoms with E-state index in [4.69, 9.17) is 0 Å². The summed E-state index contributed by atoms with van der Waals surface area (Å²) in [5.41, 5.74) is 1.04. The minimum absolute atomic E-state index is 0.0822. The van der Waals surface area contributed by atoms with Crippen LogP contribution in [0.1, 0.15) is 50.5 Å². The van der Waals surface area contributed by atoms with Gasteiger partial charge in [-0.3, -0.25) is 4.79 Å². The Morgan fingerprint density at radius 1 is 1.14 bits per heavy atom. The average molecular weight is 443 g/mol. The Labute approximate surface area is 176 Å².